The predicted molar refractivity (Wildman–Crippen MR) is 74.9 cm³/mol. The third kappa shape index (κ3) is 1.90. The zero-order chi connectivity index (χ0) is 12.5. The number of rotatable bonds is 1. The van der Waals surface area contributed by atoms with Gasteiger partial charge in [-0.1, -0.05) is 60.1 Å². The van der Waals surface area contributed by atoms with E-state index in [-0.39, 0.29) is 5.38 Å². The van der Waals surface area contributed by atoms with Crippen LogP contribution >= 0.6 is 23.2 Å². The third-order valence-corrected chi connectivity index (χ3v) is 3.83. The minimum absolute atomic E-state index is 0.355. The number of ether oxygens (including phenoxy) is 1. The van der Waals surface area contributed by atoms with E-state index in [9.17, 15) is 0 Å². The minimum atomic E-state index is -0.355. The molecule has 0 aliphatic carbocycles. The van der Waals surface area contributed by atoms with Crippen LogP contribution in [0.5, 0.6) is 5.75 Å². The van der Waals surface area contributed by atoms with E-state index < -0.39 is 0 Å². The maximum absolute atomic E-state index is 6.37. The lowest BCUT2D eigenvalue weighted by atomic mass is 10.0. The minimum Gasteiger partial charge on any atom is -0.455 e. The number of fused-ring (bicyclic) bond motifs is 1. The van der Waals surface area contributed by atoms with Gasteiger partial charge in [0.15, 0.2) is 5.76 Å². The summed E-state index contributed by atoms with van der Waals surface area (Å²) in [5.41, 5.74) is 1.84. The average Bonchev–Trinajstić information content (AvgIpc) is 2.44. The van der Waals surface area contributed by atoms with Crippen LogP contribution in [0.4, 0.5) is 0 Å². The molecule has 1 aliphatic rings. The molecule has 1 heterocycles. The Labute approximate surface area is 116 Å². The number of hydrogen-bond donors (Lipinski definition) is 0. The molecule has 0 spiro atoms. The fourth-order valence-electron chi connectivity index (χ4n) is 1.98. The van der Waals surface area contributed by atoms with E-state index in [4.69, 9.17) is 27.9 Å². The maximum atomic E-state index is 6.37. The second kappa shape index (κ2) is 4.68. The van der Waals surface area contributed by atoms with Gasteiger partial charge in [0.1, 0.15) is 11.1 Å². The molecule has 1 unspecified atom stereocenters. The van der Waals surface area contributed by atoms with Gasteiger partial charge in [0, 0.05) is 11.1 Å². The summed E-state index contributed by atoms with van der Waals surface area (Å²) in [5.74, 6) is 1.40. The fraction of sp³-hybridized carbons (Fsp3) is 0.0667. The predicted octanol–water partition coefficient (Wildman–Crippen LogP) is 4.97. The molecule has 1 atom stereocenters. The van der Waals surface area contributed by atoms with Crippen molar-refractivity contribution in [2.45, 2.75) is 5.38 Å². The van der Waals surface area contributed by atoms with Crippen LogP contribution in [0.3, 0.4) is 0 Å². The van der Waals surface area contributed by atoms with E-state index in [0.717, 1.165) is 16.9 Å². The normalized spacial score (nSPS) is 18.2. The summed E-state index contributed by atoms with van der Waals surface area (Å²) >= 11 is 12.7. The van der Waals surface area contributed by atoms with Crippen molar-refractivity contribution in [2.24, 2.45) is 0 Å². The fourth-order valence-corrected chi connectivity index (χ4v) is 2.52. The highest BCUT2D eigenvalue weighted by atomic mass is 35.5. The Morgan fingerprint density at radius 3 is 2.33 bits per heavy atom. The lowest BCUT2D eigenvalue weighted by molar-refractivity contribution is 0.494. The molecule has 18 heavy (non-hydrogen) atoms. The summed E-state index contributed by atoms with van der Waals surface area (Å²) in [6, 6.07) is 17.4. The summed E-state index contributed by atoms with van der Waals surface area (Å²) in [6.45, 7) is 0. The highest BCUT2D eigenvalue weighted by molar-refractivity contribution is 6.40. The highest BCUT2D eigenvalue weighted by Gasteiger charge is 2.27. The van der Waals surface area contributed by atoms with E-state index in [2.05, 4.69) is 0 Å². The van der Waals surface area contributed by atoms with Crippen molar-refractivity contribution in [3.8, 4) is 5.75 Å². The lowest BCUT2D eigenvalue weighted by Crippen LogP contribution is -2.09. The van der Waals surface area contributed by atoms with E-state index in [1.807, 2.05) is 54.6 Å². The van der Waals surface area contributed by atoms with Crippen molar-refractivity contribution >= 4 is 29.0 Å². The van der Waals surface area contributed by atoms with Crippen molar-refractivity contribution in [2.75, 3.05) is 0 Å². The Morgan fingerprint density at radius 1 is 0.889 bits per heavy atom. The van der Waals surface area contributed by atoms with Crippen LogP contribution < -0.4 is 4.74 Å². The summed E-state index contributed by atoms with van der Waals surface area (Å²) in [6.07, 6.45) is 0. The first-order chi connectivity index (χ1) is 8.77. The van der Waals surface area contributed by atoms with Crippen LogP contribution in [0.15, 0.2) is 59.6 Å². The monoisotopic (exact) mass is 276 g/mol. The molecule has 0 radical (unpaired) electrons. The van der Waals surface area contributed by atoms with Crippen LogP contribution in [0.25, 0.3) is 5.76 Å². The molecule has 1 nitrogen and oxygen atoms in total. The molecule has 1 aliphatic heterocycles. The maximum Gasteiger partial charge on any atom is 0.151 e. The first-order valence-corrected chi connectivity index (χ1v) is 6.45. The van der Waals surface area contributed by atoms with Crippen molar-refractivity contribution in [1.82, 2.24) is 0 Å². The van der Waals surface area contributed by atoms with Crippen LogP contribution in [0.1, 0.15) is 16.5 Å². The van der Waals surface area contributed by atoms with E-state index >= 15 is 0 Å². The summed E-state index contributed by atoms with van der Waals surface area (Å²) in [7, 11) is 0. The number of para-hydroxylation sites is 1. The number of allylic oxidation sites excluding steroid dienone is 1. The van der Waals surface area contributed by atoms with Gasteiger partial charge < -0.3 is 4.74 Å². The molecular weight excluding hydrogens is 267 g/mol. The molecule has 0 bridgehead atoms. The average molecular weight is 277 g/mol. The zero-order valence-corrected chi connectivity index (χ0v) is 10.9. The summed E-state index contributed by atoms with van der Waals surface area (Å²) in [4.78, 5) is 0. The van der Waals surface area contributed by atoms with Gasteiger partial charge in [0.25, 0.3) is 0 Å². The molecule has 0 amide bonds. The second-order valence-corrected chi connectivity index (χ2v) is 4.89. The Hall–Kier alpha value is -1.44. The Kier molecular flexibility index (Phi) is 3.02. The molecule has 0 saturated carbocycles. The molecule has 0 saturated heterocycles. The van der Waals surface area contributed by atoms with Crippen LogP contribution in [-0.2, 0) is 0 Å². The molecule has 3 heteroatoms. The molecule has 2 aromatic carbocycles. The number of hydrogen-bond acceptors (Lipinski definition) is 1. The van der Waals surface area contributed by atoms with Gasteiger partial charge in [-0.15, -0.1) is 11.6 Å². The first kappa shape index (κ1) is 11.6. The van der Waals surface area contributed by atoms with Crippen molar-refractivity contribution < 1.29 is 4.74 Å². The Morgan fingerprint density at radius 2 is 1.56 bits per heavy atom. The van der Waals surface area contributed by atoms with E-state index in [1.54, 1.807) is 0 Å². The molecule has 3 rings (SSSR count). The van der Waals surface area contributed by atoms with Crippen molar-refractivity contribution in [3.05, 3.63) is 70.8 Å². The Bertz CT molecular complexity index is 605. The Balaban J connectivity index is 2.11. The SMILES string of the molecule is ClC1=C(c2ccccc2)Oc2ccccc2C1Cl. The molecule has 90 valence electrons. The van der Waals surface area contributed by atoms with Gasteiger partial charge in [-0.25, -0.2) is 0 Å². The molecule has 0 fully saturated rings. The topological polar surface area (TPSA) is 9.23 Å². The highest BCUT2D eigenvalue weighted by Crippen LogP contribution is 2.45. The molecule has 0 aromatic heterocycles. The third-order valence-electron chi connectivity index (χ3n) is 2.88. The second-order valence-electron chi connectivity index (χ2n) is 4.05. The lowest BCUT2D eigenvalue weighted by Gasteiger charge is -2.24. The van der Waals surface area contributed by atoms with Gasteiger partial charge in [-0.3, -0.25) is 0 Å². The largest absolute Gasteiger partial charge is 0.455 e. The number of benzene rings is 2. The summed E-state index contributed by atoms with van der Waals surface area (Å²) < 4.78 is 5.86. The van der Waals surface area contributed by atoms with E-state index in [0.29, 0.717) is 10.8 Å². The van der Waals surface area contributed by atoms with Gasteiger partial charge in [-0.2, -0.15) is 0 Å². The van der Waals surface area contributed by atoms with Crippen LogP contribution in [0, 0.1) is 0 Å². The van der Waals surface area contributed by atoms with Gasteiger partial charge in [0.05, 0.1) is 5.03 Å². The zero-order valence-electron chi connectivity index (χ0n) is 9.44. The quantitative estimate of drug-likeness (QED) is 0.669. The van der Waals surface area contributed by atoms with Gasteiger partial charge in [-0.05, 0) is 6.07 Å². The van der Waals surface area contributed by atoms with Gasteiger partial charge in [0.2, 0.25) is 0 Å². The number of halogens is 2. The summed E-state index contributed by atoms with van der Waals surface area (Å²) in [5, 5.41) is 0.174. The standard InChI is InChI=1S/C15H10Cl2O/c16-13-11-8-4-5-9-12(11)18-15(14(13)17)10-6-2-1-3-7-10/h1-9,13H. The number of alkyl halides is 1. The molecule has 0 N–H and O–H groups in total. The smallest absolute Gasteiger partial charge is 0.151 e. The van der Waals surface area contributed by atoms with Crippen molar-refractivity contribution in [1.29, 1.82) is 0 Å². The molecule has 2 aromatic rings. The molecular formula is C15H10Cl2O. The van der Waals surface area contributed by atoms with Crippen LogP contribution in [0.2, 0.25) is 0 Å². The first-order valence-electron chi connectivity index (χ1n) is 5.63. The van der Waals surface area contributed by atoms with Crippen molar-refractivity contribution in [3.63, 3.8) is 0 Å². The van der Waals surface area contributed by atoms with Gasteiger partial charge >= 0.3 is 0 Å². The van der Waals surface area contributed by atoms with Crippen LogP contribution in [-0.4, -0.2) is 0 Å². The van der Waals surface area contributed by atoms with E-state index in [1.165, 1.54) is 0 Å².